The highest BCUT2D eigenvalue weighted by molar-refractivity contribution is 6.31. The van der Waals surface area contributed by atoms with Gasteiger partial charge in [-0.3, -0.25) is 0 Å². The smallest absolute Gasteiger partial charge is 0.125 e. The molecule has 3 nitrogen and oxygen atoms in total. The van der Waals surface area contributed by atoms with Crippen molar-refractivity contribution in [3.05, 3.63) is 28.8 Å². The van der Waals surface area contributed by atoms with Gasteiger partial charge in [-0.05, 0) is 39.3 Å². The molecule has 1 aromatic carbocycles. The summed E-state index contributed by atoms with van der Waals surface area (Å²) in [7, 11) is 0. The Morgan fingerprint density at radius 1 is 1.15 bits per heavy atom. The third-order valence-electron chi connectivity index (χ3n) is 2.71. The molecule has 4 heteroatoms. The van der Waals surface area contributed by atoms with Crippen LogP contribution in [0.25, 0.3) is 0 Å². The van der Waals surface area contributed by atoms with Gasteiger partial charge in [-0.15, -0.1) is 0 Å². The second kappa shape index (κ2) is 8.50. The van der Waals surface area contributed by atoms with Crippen LogP contribution >= 0.6 is 11.6 Å². The minimum atomic E-state index is 0.0423. The van der Waals surface area contributed by atoms with Gasteiger partial charge in [0.2, 0.25) is 0 Å². The highest BCUT2D eigenvalue weighted by Gasteiger charge is 2.13. The normalized spacial score (nSPS) is 11.7. The van der Waals surface area contributed by atoms with Crippen LogP contribution in [-0.4, -0.2) is 25.4 Å². The van der Waals surface area contributed by atoms with E-state index in [2.05, 4.69) is 33.0 Å². The standard InChI is InChI=1S/C16H26ClNO2/c1-5-9-19-10-11-20-15-8-6-7-14(17)13(15)12-18-16(2,3)4/h6-8,18H,5,9-12H2,1-4H3. The maximum Gasteiger partial charge on any atom is 0.125 e. The van der Waals surface area contributed by atoms with Gasteiger partial charge in [0.25, 0.3) is 0 Å². The topological polar surface area (TPSA) is 30.5 Å². The molecule has 1 rings (SSSR count). The molecular weight excluding hydrogens is 274 g/mol. The second-order valence-corrected chi connectivity index (χ2v) is 6.19. The van der Waals surface area contributed by atoms with Crippen molar-refractivity contribution in [1.82, 2.24) is 5.32 Å². The van der Waals surface area contributed by atoms with Crippen molar-refractivity contribution in [2.24, 2.45) is 0 Å². The van der Waals surface area contributed by atoms with Crippen molar-refractivity contribution in [3.8, 4) is 5.75 Å². The molecule has 0 aliphatic rings. The SMILES string of the molecule is CCCOCCOc1cccc(Cl)c1CNC(C)(C)C. The number of nitrogens with one attached hydrogen (secondary N) is 1. The Kier molecular flexibility index (Phi) is 7.35. The van der Waals surface area contributed by atoms with E-state index in [0.29, 0.717) is 19.8 Å². The van der Waals surface area contributed by atoms with Crippen LogP contribution in [0.1, 0.15) is 39.7 Å². The first-order chi connectivity index (χ1) is 9.44. The molecule has 0 spiro atoms. The van der Waals surface area contributed by atoms with Crippen LogP contribution in [0.15, 0.2) is 18.2 Å². The first-order valence-electron chi connectivity index (χ1n) is 7.17. The zero-order valence-electron chi connectivity index (χ0n) is 13.0. The third-order valence-corrected chi connectivity index (χ3v) is 3.06. The lowest BCUT2D eigenvalue weighted by Gasteiger charge is -2.22. The summed E-state index contributed by atoms with van der Waals surface area (Å²) in [6.45, 7) is 11.1. The number of hydrogen-bond donors (Lipinski definition) is 1. The summed E-state index contributed by atoms with van der Waals surface area (Å²) < 4.78 is 11.2. The lowest BCUT2D eigenvalue weighted by Crippen LogP contribution is -2.35. The van der Waals surface area contributed by atoms with E-state index >= 15 is 0 Å². The predicted molar refractivity (Wildman–Crippen MR) is 84.6 cm³/mol. The summed E-state index contributed by atoms with van der Waals surface area (Å²) in [5.41, 5.74) is 1.04. The Balaban J connectivity index is 2.58. The van der Waals surface area contributed by atoms with Gasteiger partial charge in [-0.1, -0.05) is 24.6 Å². The quantitative estimate of drug-likeness (QED) is 0.735. The molecule has 0 fully saturated rings. The van der Waals surface area contributed by atoms with Crippen molar-refractivity contribution in [1.29, 1.82) is 0 Å². The number of halogens is 1. The Morgan fingerprint density at radius 2 is 1.90 bits per heavy atom. The third kappa shape index (κ3) is 6.60. The van der Waals surface area contributed by atoms with Gasteiger partial charge in [0.1, 0.15) is 12.4 Å². The number of hydrogen-bond acceptors (Lipinski definition) is 3. The maximum absolute atomic E-state index is 6.27. The molecule has 0 atom stereocenters. The van der Waals surface area contributed by atoms with E-state index in [1.54, 1.807) is 0 Å². The van der Waals surface area contributed by atoms with Gasteiger partial charge in [-0.25, -0.2) is 0 Å². The summed E-state index contributed by atoms with van der Waals surface area (Å²) in [5.74, 6) is 0.828. The fraction of sp³-hybridized carbons (Fsp3) is 0.625. The van der Waals surface area contributed by atoms with Crippen molar-refractivity contribution >= 4 is 11.6 Å². The van der Waals surface area contributed by atoms with E-state index in [4.69, 9.17) is 21.1 Å². The zero-order valence-corrected chi connectivity index (χ0v) is 13.7. The average molecular weight is 300 g/mol. The first kappa shape index (κ1) is 17.3. The monoisotopic (exact) mass is 299 g/mol. The fourth-order valence-electron chi connectivity index (χ4n) is 1.66. The molecule has 0 radical (unpaired) electrons. The largest absolute Gasteiger partial charge is 0.491 e. The van der Waals surface area contributed by atoms with Crippen molar-refractivity contribution in [2.45, 2.75) is 46.2 Å². The first-order valence-corrected chi connectivity index (χ1v) is 7.55. The summed E-state index contributed by atoms with van der Waals surface area (Å²) >= 11 is 6.27. The lowest BCUT2D eigenvalue weighted by molar-refractivity contribution is 0.100. The van der Waals surface area contributed by atoms with Gasteiger partial charge in [-0.2, -0.15) is 0 Å². The van der Waals surface area contributed by atoms with Gasteiger partial charge in [0, 0.05) is 29.3 Å². The molecule has 0 heterocycles. The van der Waals surface area contributed by atoms with Gasteiger partial charge < -0.3 is 14.8 Å². The van der Waals surface area contributed by atoms with E-state index in [9.17, 15) is 0 Å². The number of benzene rings is 1. The Morgan fingerprint density at radius 3 is 2.55 bits per heavy atom. The van der Waals surface area contributed by atoms with Crippen LogP contribution in [0.3, 0.4) is 0 Å². The number of ether oxygens (including phenoxy) is 2. The van der Waals surface area contributed by atoms with Crippen molar-refractivity contribution < 1.29 is 9.47 Å². The molecule has 0 saturated carbocycles. The molecule has 0 aliphatic carbocycles. The molecule has 1 aromatic rings. The van der Waals surface area contributed by atoms with E-state index in [-0.39, 0.29) is 5.54 Å². The Hall–Kier alpha value is -0.770. The van der Waals surface area contributed by atoms with Gasteiger partial charge >= 0.3 is 0 Å². The molecule has 20 heavy (non-hydrogen) atoms. The summed E-state index contributed by atoms with van der Waals surface area (Å²) in [6, 6.07) is 5.75. The van der Waals surface area contributed by atoms with Crippen LogP contribution in [0.5, 0.6) is 5.75 Å². The van der Waals surface area contributed by atoms with Crippen molar-refractivity contribution in [3.63, 3.8) is 0 Å². The fourth-order valence-corrected chi connectivity index (χ4v) is 1.89. The van der Waals surface area contributed by atoms with Crippen LogP contribution < -0.4 is 10.1 Å². The van der Waals surface area contributed by atoms with Crippen LogP contribution in [0, 0.1) is 0 Å². The molecule has 0 amide bonds. The molecule has 114 valence electrons. The van der Waals surface area contributed by atoms with Crippen LogP contribution in [0.4, 0.5) is 0 Å². The van der Waals surface area contributed by atoms with Crippen LogP contribution in [-0.2, 0) is 11.3 Å². The zero-order chi connectivity index (χ0) is 15.0. The van der Waals surface area contributed by atoms with Crippen molar-refractivity contribution in [2.75, 3.05) is 19.8 Å². The summed E-state index contributed by atoms with van der Waals surface area (Å²) in [6.07, 6.45) is 1.03. The lowest BCUT2D eigenvalue weighted by atomic mass is 10.1. The van der Waals surface area contributed by atoms with E-state index in [1.165, 1.54) is 0 Å². The minimum Gasteiger partial charge on any atom is -0.491 e. The average Bonchev–Trinajstić information content (AvgIpc) is 2.36. The summed E-state index contributed by atoms with van der Waals surface area (Å²) in [4.78, 5) is 0. The van der Waals surface area contributed by atoms with Crippen LogP contribution in [0.2, 0.25) is 5.02 Å². The molecular formula is C16H26ClNO2. The Labute approximate surface area is 127 Å². The van der Waals surface area contributed by atoms with Gasteiger partial charge in [0.15, 0.2) is 0 Å². The van der Waals surface area contributed by atoms with E-state index < -0.39 is 0 Å². The van der Waals surface area contributed by atoms with E-state index in [1.807, 2.05) is 18.2 Å². The molecule has 0 saturated heterocycles. The van der Waals surface area contributed by atoms with Gasteiger partial charge in [0.05, 0.1) is 6.61 Å². The number of rotatable bonds is 8. The predicted octanol–water partition coefficient (Wildman–Crippen LogP) is 4.03. The molecule has 0 aliphatic heterocycles. The Bertz CT molecular complexity index is 402. The maximum atomic E-state index is 6.27. The van der Waals surface area contributed by atoms with E-state index in [0.717, 1.165) is 29.4 Å². The molecule has 1 N–H and O–H groups in total. The summed E-state index contributed by atoms with van der Waals surface area (Å²) in [5, 5.41) is 4.16. The highest BCUT2D eigenvalue weighted by Crippen LogP contribution is 2.26. The minimum absolute atomic E-state index is 0.0423. The molecule has 0 bridgehead atoms. The second-order valence-electron chi connectivity index (χ2n) is 5.78. The highest BCUT2D eigenvalue weighted by atomic mass is 35.5. The molecule has 0 unspecified atom stereocenters. The molecule has 0 aromatic heterocycles.